The van der Waals surface area contributed by atoms with Gasteiger partial charge in [0.05, 0.1) is 37.8 Å². The molecule has 1 unspecified atom stereocenters. The maximum atomic E-state index is 12.9. The number of likely N-dealkylation sites (N-methyl/N-ethyl adjacent to an activating group) is 1. The quantitative estimate of drug-likeness (QED) is 0.441. The predicted molar refractivity (Wildman–Crippen MR) is 134 cm³/mol. The summed E-state index contributed by atoms with van der Waals surface area (Å²) in [6, 6.07) is 9.02. The number of halogens is 2. The van der Waals surface area contributed by atoms with Crippen molar-refractivity contribution in [3.8, 4) is 12.3 Å². The van der Waals surface area contributed by atoms with Gasteiger partial charge in [0.1, 0.15) is 0 Å². The second kappa shape index (κ2) is 10.2. The molecule has 1 amide bonds. The van der Waals surface area contributed by atoms with Gasteiger partial charge in [-0.1, -0.05) is 40.5 Å². The third kappa shape index (κ3) is 4.93. The van der Waals surface area contributed by atoms with Gasteiger partial charge in [-0.2, -0.15) is 9.30 Å². The zero-order valence-corrected chi connectivity index (χ0v) is 21.3. The minimum absolute atomic E-state index is 0.0902. The number of fused-ring (bicyclic) bond motifs is 1. The predicted octanol–water partition coefficient (Wildman–Crippen LogP) is 4.18. The molecule has 1 aliphatic heterocycles. The fourth-order valence-electron chi connectivity index (χ4n) is 3.71. The van der Waals surface area contributed by atoms with Gasteiger partial charge in [0.2, 0.25) is 10.0 Å². The van der Waals surface area contributed by atoms with Crippen molar-refractivity contribution in [3.05, 3.63) is 56.8 Å². The van der Waals surface area contributed by atoms with Crippen molar-refractivity contribution in [1.29, 1.82) is 0 Å². The molecule has 11 heteroatoms. The highest BCUT2D eigenvalue weighted by molar-refractivity contribution is 7.89. The molecule has 1 fully saturated rings. The first-order valence-corrected chi connectivity index (χ1v) is 13.4. The van der Waals surface area contributed by atoms with Crippen LogP contribution in [-0.2, 0) is 21.3 Å². The van der Waals surface area contributed by atoms with Crippen LogP contribution in [0.15, 0.2) is 46.3 Å². The standard InChI is InChI=1S/C23H21Cl2N3O4S2/c1-3-12-28-20-18(24)10-11-19(25)21(20)33-23(28)26-22(29)15-6-8-17(9-7-15)34(30,31)27(2)14-16-5-4-13-32-16/h1,6-11,16H,4-5,12-14H2,2H3. The highest BCUT2D eigenvalue weighted by Gasteiger charge is 2.26. The summed E-state index contributed by atoms with van der Waals surface area (Å²) in [5.74, 6) is 2.00. The molecule has 2 heterocycles. The first-order chi connectivity index (χ1) is 16.2. The minimum atomic E-state index is -3.71. The fourth-order valence-corrected chi connectivity index (χ4v) is 6.55. The minimum Gasteiger partial charge on any atom is -0.377 e. The van der Waals surface area contributed by atoms with Crippen molar-refractivity contribution in [2.45, 2.75) is 30.4 Å². The molecule has 0 radical (unpaired) electrons. The van der Waals surface area contributed by atoms with E-state index in [1.54, 1.807) is 16.7 Å². The van der Waals surface area contributed by atoms with Crippen molar-refractivity contribution in [1.82, 2.24) is 8.87 Å². The number of aromatic nitrogens is 1. The van der Waals surface area contributed by atoms with Crippen LogP contribution in [0.25, 0.3) is 10.2 Å². The normalized spacial score (nSPS) is 16.9. The number of ether oxygens (including phenoxy) is 1. The zero-order valence-electron chi connectivity index (χ0n) is 18.2. The molecule has 7 nitrogen and oxygen atoms in total. The van der Waals surface area contributed by atoms with E-state index in [0.29, 0.717) is 31.7 Å². The number of thiazole rings is 1. The van der Waals surface area contributed by atoms with E-state index >= 15 is 0 Å². The van der Waals surface area contributed by atoms with Crippen molar-refractivity contribution in [2.24, 2.45) is 4.99 Å². The lowest BCUT2D eigenvalue weighted by molar-refractivity contribution is 0.0979. The molecule has 3 aromatic rings. The van der Waals surface area contributed by atoms with Gasteiger partial charge < -0.3 is 9.30 Å². The Bertz CT molecular complexity index is 1450. The van der Waals surface area contributed by atoms with Gasteiger partial charge in [0.15, 0.2) is 4.80 Å². The molecule has 0 aliphatic carbocycles. The number of hydrogen-bond acceptors (Lipinski definition) is 5. The Morgan fingerprint density at radius 3 is 2.62 bits per heavy atom. The van der Waals surface area contributed by atoms with E-state index in [1.165, 1.54) is 47.0 Å². The molecule has 1 aliphatic rings. The van der Waals surface area contributed by atoms with Crippen LogP contribution in [-0.4, -0.2) is 49.5 Å². The molecule has 1 atom stereocenters. The number of sulfonamides is 1. The highest BCUT2D eigenvalue weighted by Crippen LogP contribution is 2.32. The number of amides is 1. The lowest BCUT2D eigenvalue weighted by Gasteiger charge is -2.20. The van der Waals surface area contributed by atoms with Gasteiger partial charge in [-0.3, -0.25) is 4.79 Å². The molecule has 1 saturated heterocycles. The second-order valence-electron chi connectivity index (χ2n) is 7.74. The summed E-state index contributed by atoms with van der Waals surface area (Å²) in [6.45, 7) is 1.09. The first-order valence-electron chi connectivity index (χ1n) is 10.4. The Hall–Kier alpha value is -2.19. The number of benzene rings is 2. The summed E-state index contributed by atoms with van der Waals surface area (Å²) in [4.78, 5) is 17.5. The highest BCUT2D eigenvalue weighted by atomic mass is 35.5. The van der Waals surface area contributed by atoms with Gasteiger partial charge in [-0.15, -0.1) is 6.42 Å². The van der Waals surface area contributed by atoms with Crippen LogP contribution in [0, 0.1) is 12.3 Å². The van der Waals surface area contributed by atoms with Crippen LogP contribution in [0.1, 0.15) is 23.2 Å². The van der Waals surface area contributed by atoms with E-state index in [4.69, 9.17) is 34.4 Å². The van der Waals surface area contributed by atoms with Gasteiger partial charge in [0.25, 0.3) is 5.91 Å². The molecule has 0 saturated carbocycles. The summed E-state index contributed by atoms with van der Waals surface area (Å²) in [5, 5.41) is 0.923. The van der Waals surface area contributed by atoms with Crippen LogP contribution in [0.2, 0.25) is 10.0 Å². The largest absolute Gasteiger partial charge is 0.377 e. The molecular weight excluding hydrogens is 517 g/mol. The molecule has 1 aromatic heterocycles. The Labute approximate surface area is 211 Å². The molecule has 0 bridgehead atoms. The van der Waals surface area contributed by atoms with E-state index < -0.39 is 15.9 Å². The summed E-state index contributed by atoms with van der Waals surface area (Å²) in [6.07, 6.45) is 7.17. The van der Waals surface area contributed by atoms with Crippen molar-refractivity contribution < 1.29 is 17.9 Å². The number of hydrogen-bond donors (Lipinski definition) is 0. The third-order valence-corrected chi connectivity index (χ3v) is 9.15. The van der Waals surface area contributed by atoms with E-state index in [1.807, 2.05) is 0 Å². The van der Waals surface area contributed by atoms with Crippen molar-refractivity contribution >= 4 is 60.7 Å². The van der Waals surface area contributed by atoms with E-state index in [0.717, 1.165) is 12.8 Å². The average molecular weight is 538 g/mol. The van der Waals surface area contributed by atoms with Gasteiger partial charge in [-0.05, 0) is 49.2 Å². The summed E-state index contributed by atoms with van der Waals surface area (Å²) >= 11 is 13.8. The second-order valence-corrected chi connectivity index (χ2v) is 11.6. The monoisotopic (exact) mass is 537 g/mol. The van der Waals surface area contributed by atoms with Crippen LogP contribution < -0.4 is 4.80 Å². The van der Waals surface area contributed by atoms with Crippen molar-refractivity contribution in [2.75, 3.05) is 20.2 Å². The lowest BCUT2D eigenvalue weighted by Crippen LogP contribution is -2.34. The smallest absolute Gasteiger partial charge is 0.279 e. The zero-order chi connectivity index (χ0) is 24.5. The molecular formula is C23H21Cl2N3O4S2. The van der Waals surface area contributed by atoms with Crippen LogP contribution in [0.4, 0.5) is 0 Å². The van der Waals surface area contributed by atoms with E-state index in [2.05, 4.69) is 10.9 Å². The van der Waals surface area contributed by atoms with Crippen LogP contribution in [0.5, 0.6) is 0 Å². The summed E-state index contributed by atoms with van der Waals surface area (Å²) in [7, 11) is -2.19. The Morgan fingerprint density at radius 1 is 1.26 bits per heavy atom. The summed E-state index contributed by atoms with van der Waals surface area (Å²) < 4.78 is 34.9. The first kappa shape index (κ1) is 24.9. The Kier molecular flexibility index (Phi) is 7.48. The SMILES string of the molecule is C#CCn1c(=NC(=O)c2ccc(S(=O)(=O)N(C)CC3CCCO3)cc2)sc2c(Cl)ccc(Cl)c21. The van der Waals surface area contributed by atoms with Gasteiger partial charge >= 0.3 is 0 Å². The van der Waals surface area contributed by atoms with E-state index in [9.17, 15) is 13.2 Å². The van der Waals surface area contributed by atoms with Gasteiger partial charge in [0, 0.05) is 25.8 Å². The number of carbonyl (C=O) groups is 1. The van der Waals surface area contributed by atoms with Crippen molar-refractivity contribution in [3.63, 3.8) is 0 Å². The molecule has 34 heavy (non-hydrogen) atoms. The number of nitrogens with zero attached hydrogens (tertiary/aromatic N) is 3. The third-order valence-electron chi connectivity index (χ3n) is 5.47. The topological polar surface area (TPSA) is 81.0 Å². The fraction of sp³-hybridized carbons (Fsp3) is 0.304. The maximum absolute atomic E-state index is 12.9. The number of carbonyl (C=O) groups excluding carboxylic acids is 1. The van der Waals surface area contributed by atoms with Crippen LogP contribution in [0.3, 0.4) is 0 Å². The average Bonchev–Trinajstić information content (AvgIpc) is 3.45. The molecule has 178 valence electrons. The van der Waals surface area contributed by atoms with Gasteiger partial charge in [-0.25, -0.2) is 8.42 Å². The Balaban J connectivity index is 1.63. The lowest BCUT2D eigenvalue weighted by atomic mass is 10.2. The number of terminal acetylenes is 1. The maximum Gasteiger partial charge on any atom is 0.279 e. The molecule has 0 spiro atoms. The molecule has 2 aromatic carbocycles. The summed E-state index contributed by atoms with van der Waals surface area (Å²) in [5.41, 5.74) is 0.849. The number of rotatable bonds is 6. The molecule has 0 N–H and O–H groups in total. The van der Waals surface area contributed by atoms with E-state index in [-0.39, 0.29) is 29.7 Å². The Morgan fingerprint density at radius 2 is 1.97 bits per heavy atom. The molecule has 4 rings (SSSR count). The van der Waals surface area contributed by atoms with Crippen LogP contribution >= 0.6 is 34.5 Å².